The fourth-order valence-electron chi connectivity index (χ4n) is 2.69. The van der Waals surface area contributed by atoms with Crippen molar-refractivity contribution in [1.29, 1.82) is 0 Å². The van der Waals surface area contributed by atoms with E-state index in [1.54, 1.807) is 0 Å². The molecule has 0 aliphatic heterocycles. The molecule has 0 amide bonds. The van der Waals surface area contributed by atoms with Gasteiger partial charge in [-0.1, -0.05) is 37.3 Å². The molecule has 0 aliphatic rings. The summed E-state index contributed by atoms with van der Waals surface area (Å²) in [7, 11) is 0. The highest BCUT2D eigenvalue weighted by Gasteiger charge is 2.13. The zero-order valence-electron chi connectivity index (χ0n) is 12.8. The molecule has 3 heteroatoms. The first-order chi connectivity index (χ1) is 9.72. The number of nitrogens with zero attached hydrogens (tertiary/aromatic N) is 2. The second-order valence-electron chi connectivity index (χ2n) is 5.24. The molecule has 1 N–H and O–H groups in total. The first-order valence-electron chi connectivity index (χ1n) is 7.53. The van der Waals surface area contributed by atoms with E-state index in [0.29, 0.717) is 6.04 Å². The number of nitrogens with one attached hydrogen (secondary N) is 1. The van der Waals surface area contributed by atoms with Crippen LogP contribution in [-0.2, 0) is 19.4 Å². The van der Waals surface area contributed by atoms with Crippen LogP contribution in [0.1, 0.15) is 30.8 Å². The zero-order valence-corrected chi connectivity index (χ0v) is 12.8. The van der Waals surface area contributed by atoms with Gasteiger partial charge in [0.25, 0.3) is 0 Å². The van der Waals surface area contributed by atoms with Crippen molar-refractivity contribution in [2.75, 3.05) is 6.54 Å². The molecule has 20 heavy (non-hydrogen) atoms. The van der Waals surface area contributed by atoms with Crippen LogP contribution in [0, 0.1) is 6.92 Å². The van der Waals surface area contributed by atoms with Crippen molar-refractivity contribution in [3.05, 3.63) is 53.3 Å². The lowest BCUT2D eigenvalue weighted by molar-refractivity contribution is 0.495. The summed E-state index contributed by atoms with van der Waals surface area (Å²) in [6.45, 7) is 8.31. The van der Waals surface area contributed by atoms with Crippen LogP contribution >= 0.6 is 0 Å². The van der Waals surface area contributed by atoms with Gasteiger partial charge in [-0.15, -0.1) is 0 Å². The van der Waals surface area contributed by atoms with E-state index in [0.717, 1.165) is 31.6 Å². The summed E-state index contributed by atoms with van der Waals surface area (Å²) in [5, 5.41) is 8.14. The Morgan fingerprint density at radius 2 is 1.90 bits per heavy atom. The Kier molecular flexibility index (Phi) is 5.36. The maximum Gasteiger partial charge on any atom is 0.0596 e. The zero-order chi connectivity index (χ0) is 14.4. The van der Waals surface area contributed by atoms with Gasteiger partial charge >= 0.3 is 0 Å². The molecule has 0 radical (unpaired) electrons. The molecule has 2 aromatic rings. The lowest BCUT2D eigenvalue weighted by Crippen LogP contribution is -2.33. The minimum absolute atomic E-state index is 0.462. The first kappa shape index (κ1) is 14.8. The molecule has 108 valence electrons. The van der Waals surface area contributed by atoms with E-state index in [9.17, 15) is 0 Å². The highest BCUT2D eigenvalue weighted by Crippen LogP contribution is 2.11. The topological polar surface area (TPSA) is 29.9 Å². The summed E-state index contributed by atoms with van der Waals surface area (Å²) >= 11 is 0. The summed E-state index contributed by atoms with van der Waals surface area (Å²) in [5.41, 5.74) is 3.82. The number of benzene rings is 1. The van der Waals surface area contributed by atoms with E-state index in [4.69, 9.17) is 0 Å². The van der Waals surface area contributed by atoms with Crippen LogP contribution in [0.5, 0.6) is 0 Å². The van der Waals surface area contributed by atoms with Gasteiger partial charge in [0.2, 0.25) is 0 Å². The number of hydrogen-bond donors (Lipinski definition) is 1. The molecule has 1 aromatic carbocycles. The maximum absolute atomic E-state index is 4.54. The van der Waals surface area contributed by atoms with Gasteiger partial charge in [0.15, 0.2) is 0 Å². The predicted octanol–water partition coefficient (Wildman–Crippen LogP) is 2.97. The molecule has 1 heterocycles. The Hall–Kier alpha value is -1.61. The normalized spacial score (nSPS) is 12.6. The Morgan fingerprint density at radius 1 is 1.15 bits per heavy atom. The van der Waals surface area contributed by atoms with Crippen LogP contribution in [-0.4, -0.2) is 22.4 Å². The third kappa shape index (κ3) is 3.94. The van der Waals surface area contributed by atoms with Crippen LogP contribution in [0.25, 0.3) is 0 Å². The van der Waals surface area contributed by atoms with Crippen LogP contribution < -0.4 is 5.32 Å². The number of hydrogen-bond acceptors (Lipinski definition) is 2. The molecule has 1 aromatic heterocycles. The molecular weight excluding hydrogens is 246 g/mol. The smallest absolute Gasteiger partial charge is 0.0596 e. The monoisotopic (exact) mass is 271 g/mol. The molecule has 1 atom stereocenters. The standard InChI is InChI=1S/C17H25N3/c1-4-18-16(12-15-9-7-6-8-10-15)13-17-11-14(3)19-20(17)5-2/h6-11,16,18H,4-5,12-13H2,1-3H3. The van der Waals surface area contributed by atoms with Gasteiger partial charge in [-0.3, -0.25) is 4.68 Å². The highest BCUT2D eigenvalue weighted by atomic mass is 15.3. The Morgan fingerprint density at radius 3 is 2.55 bits per heavy atom. The third-order valence-corrected chi connectivity index (χ3v) is 3.56. The summed E-state index contributed by atoms with van der Waals surface area (Å²) in [6, 6.07) is 13.4. The highest BCUT2D eigenvalue weighted by molar-refractivity contribution is 5.17. The average molecular weight is 271 g/mol. The van der Waals surface area contributed by atoms with Crippen molar-refractivity contribution in [2.24, 2.45) is 0 Å². The second-order valence-corrected chi connectivity index (χ2v) is 5.24. The van der Waals surface area contributed by atoms with Crippen molar-refractivity contribution in [3.63, 3.8) is 0 Å². The van der Waals surface area contributed by atoms with Gasteiger partial charge in [0, 0.05) is 24.7 Å². The molecule has 2 rings (SSSR count). The van der Waals surface area contributed by atoms with Gasteiger partial charge in [0.05, 0.1) is 5.69 Å². The summed E-state index contributed by atoms with van der Waals surface area (Å²) in [4.78, 5) is 0. The van der Waals surface area contributed by atoms with Crippen LogP contribution in [0.3, 0.4) is 0 Å². The predicted molar refractivity (Wildman–Crippen MR) is 84.0 cm³/mol. The van der Waals surface area contributed by atoms with Crippen molar-refractivity contribution in [1.82, 2.24) is 15.1 Å². The Bertz CT molecular complexity index is 516. The number of likely N-dealkylation sites (N-methyl/N-ethyl adjacent to an activating group) is 1. The van der Waals surface area contributed by atoms with Gasteiger partial charge in [-0.05, 0) is 38.4 Å². The maximum atomic E-state index is 4.54. The summed E-state index contributed by atoms with van der Waals surface area (Å²) < 4.78 is 2.12. The van der Waals surface area contributed by atoms with E-state index in [-0.39, 0.29) is 0 Å². The number of aryl methyl sites for hydroxylation is 2. The molecular formula is C17H25N3. The van der Waals surface area contributed by atoms with Crippen molar-refractivity contribution < 1.29 is 0 Å². The van der Waals surface area contributed by atoms with E-state index in [1.807, 2.05) is 0 Å². The quantitative estimate of drug-likeness (QED) is 0.839. The molecule has 0 saturated heterocycles. The number of aromatic nitrogens is 2. The molecule has 1 unspecified atom stereocenters. The molecule has 0 spiro atoms. The fraction of sp³-hybridized carbons (Fsp3) is 0.471. The number of rotatable bonds is 7. The van der Waals surface area contributed by atoms with Crippen LogP contribution in [0.15, 0.2) is 36.4 Å². The fourth-order valence-corrected chi connectivity index (χ4v) is 2.69. The first-order valence-corrected chi connectivity index (χ1v) is 7.53. The molecule has 0 fully saturated rings. The van der Waals surface area contributed by atoms with Crippen LogP contribution in [0.2, 0.25) is 0 Å². The SMILES string of the molecule is CCNC(Cc1ccccc1)Cc1cc(C)nn1CC. The van der Waals surface area contributed by atoms with Gasteiger partial charge in [-0.25, -0.2) is 0 Å². The van der Waals surface area contributed by atoms with E-state index >= 15 is 0 Å². The van der Waals surface area contributed by atoms with Crippen LogP contribution in [0.4, 0.5) is 0 Å². The average Bonchev–Trinajstić information content (AvgIpc) is 2.80. The largest absolute Gasteiger partial charge is 0.314 e. The minimum Gasteiger partial charge on any atom is -0.314 e. The molecule has 0 bridgehead atoms. The third-order valence-electron chi connectivity index (χ3n) is 3.56. The van der Waals surface area contributed by atoms with E-state index in [1.165, 1.54) is 11.3 Å². The van der Waals surface area contributed by atoms with E-state index < -0.39 is 0 Å². The molecule has 0 saturated carbocycles. The lowest BCUT2D eigenvalue weighted by atomic mass is 10.0. The minimum atomic E-state index is 0.462. The van der Waals surface area contributed by atoms with Gasteiger partial charge in [0.1, 0.15) is 0 Å². The lowest BCUT2D eigenvalue weighted by Gasteiger charge is -2.18. The van der Waals surface area contributed by atoms with E-state index in [2.05, 4.69) is 72.3 Å². The Labute approximate surface area is 122 Å². The van der Waals surface area contributed by atoms with Gasteiger partial charge in [-0.2, -0.15) is 5.10 Å². The van der Waals surface area contributed by atoms with Crippen molar-refractivity contribution in [2.45, 2.75) is 46.2 Å². The molecule has 0 aliphatic carbocycles. The Balaban J connectivity index is 2.08. The summed E-state index contributed by atoms with van der Waals surface area (Å²) in [5.74, 6) is 0. The summed E-state index contributed by atoms with van der Waals surface area (Å²) in [6.07, 6.45) is 2.08. The van der Waals surface area contributed by atoms with Crippen molar-refractivity contribution >= 4 is 0 Å². The van der Waals surface area contributed by atoms with Gasteiger partial charge < -0.3 is 5.32 Å². The second kappa shape index (κ2) is 7.25. The molecule has 3 nitrogen and oxygen atoms in total. The van der Waals surface area contributed by atoms with Crippen molar-refractivity contribution in [3.8, 4) is 0 Å².